The van der Waals surface area contributed by atoms with Crippen LogP contribution in [0.1, 0.15) is 25.1 Å². The Bertz CT molecular complexity index is 967. The van der Waals surface area contributed by atoms with E-state index in [0.29, 0.717) is 6.61 Å². The zero-order valence-corrected chi connectivity index (χ0v) is 15.0. The van der Waals surface area contributed by atoms with Crippen molar-refractivity contribution in [2.24, 2.45) is 0 Å². The van der Waals surface area contributed by atoms with Crippen LogP contribution in [0.15, 0.2) is 30.6 Å². The van der Waals surface area contributed by atoms with Crippen LogP contribution in [0.3, 0.4) is 0 Å². The third-order valence-electron chi connectivity index (χ3n) is 5.16. The normalized spacial score (nSPS) is 16.2. The van der Waals surface area contributed by atoms with Gasteiger partial charge < -0.3 is 19.9 Å². The van der Waals surface area contributed by atoms with Crippen LogP contribution in [0, 0.1) is 0 Å². The minimum atomic E-state index is 0.273. The standard InChI is InChI=1S/C19H21N7O/c20-19-21-11-14(12-22-19)25-8-9-27-16-10-13(5-6-15(16)25)18-24-23-17-4-2-1-3-7-26(17)18/h5-6,10-12H,1-4,7-9H2,(H2,20,21,22). The topological polar surface area (TPSA) is 95.0 Å². The molecule has 27 heavy (non-hydrogen) atoms. The number of benzene rings is 1. The lowest BCUT2D eigenvalue weighted by molar-refractivity contribution is 0.314. The number of fused-ring (bicyclic) bond motifs is 2. The highest BCUT2D eigenvalue weighted by Crippen LogP contribution is 2.39. The highest BCUT2D eigenvalue weighted by atomic mass is 16.5. The summed E-state index contributed by atoms with van der Waals surface area (Å²) >= 11 is 0. The molecule has 5 rings (SSSR count). The zero-order chi connectivity index (χ0) is 18.2. The van der Waals surface area contributed by atoms with E-state index in [9.17, 15) is 0 Å². The number of hydrogen-bond acceptors (Lipinski definition) is 7. The van der Waals surface area contributed by atoms with Crippen LogP contribution >= 0.6 is 0 Å². The molecule has 0 saturated heterocycles. The first kappa shape index (κ1) is 16.0. The largest absolute Gasteiger partial charge is 0.490 e. The molecule has 0 atom stereocenters. The maximum Gasteiger partial charge on any atom is 0.220 e. The van der Waals surface area contributed by atoms with Gasteiger partial charge in [0.1, 0.15) is 18.2 Å². The fourth-order valence-electron chi connectivity index (χ4n) is 3.80. The predicted octanol–water partition coefficient (Wildman–Crippen LogP) is 2.57. The second-order valence-electron chi connectivity index (χ2n) is 6.88. The van der Waals surface area contributed by atoms with Crippen LogP contribution in [-0.4, -0.2) is 37.9 Å². The van der Waals surface area contributed by atoms with Gasteiger partial charge in [-0.3, -0.25) is 0 Å². The van der Waals surface area contributed by atoms with E-state index in [-0.39, 0.29) is 5.95 Å². The summed E-state index contributed by atoms with van der Waals surface area (Å²) in [6, 6.07) is 6.21. The molecule has 1 aromatic carbocycles. The van der Waals surface area contributed by atoms with Gasteiger partial charge in [0.05, 0.1) is 30.3 Å². The molecular weight excluding hydrogens is 342 g/mol. The summed E-state index contributed by atoms with van der Waals surface area (Å²) < 4.78 is 8.19. The molecule has 0 unspecified atom stereocenters. The van der Waals surface area contributed by atoms with Crippen LogP contribution in [0.2, 0.25) is 0 Å². The van der Waals surface area contributed by atoms with Gasteiger partial charge in [-0.1, -0.05) is 6.42 Å². The Morgan fingerprint density at radius 1 is 1.00 bits per heavy atom. The maximum atomic E-state index is 5.94. The van der Waals surface area contributed by atoms with Crippen LogP contribution in [-0.2, 0) is 13.0 Å². The van der Waals surface area contributed by atoms with Crippen LogP contribution in [0.4, 0.5) is 17.3 Å². The summed E-state index contributed by atoms with van der Waals surface area (Å²) in [6.07, 6.45) is 8.08. The molecule has 0 fully saturated rings. The van der Waals surface area contributed by atoms with Crippen molar-refractivity contribution in [2.45, 2.75) is 32.2 Å². The Balaban J connectivity index is 1.52. The lowest BCUT2D eigenvalue weighted by Gasteiger charge is -2.31. The molecule has 0 radical (unpaired) electrons. The third-order valence-corrected chi connectivity index (χ3v) is 5.16. The first-order valence-electron chi connectivity index (χ1n) is 9.34. The van der Waals surface area contributed by atoms with Crippen molar-refractivity contribution in [3.8, 4) is 17.1 Å². The lowest BCUT2D eigenvalue weighted by atomic mass is 10.1. The van der Waals surface area contributed by atoms with Crippen molar-refractivity contribution in [2.75, 3.05) is 23.8 Å². The minimum Gasteiger partial charge on any atom is -0.490 e. The van der Waals surface area contributed by atoms with Crippen molar-refractivity contribution >= 4 is 17.3 Å². The first-order chi connectivity index (χ1) is 13.3. The van der Waals surface area contributed by atoms with Crippen molar-refractivity contribution in [3.63, 3.8) is 0 Å². The van der Waals surface area contributed by atoms with E-state index in [1.165, 1.54) is 19.3 Å². The molecule has 2 aromatic heterocycles. The fraction of sp³-hybridized carbons (Fsp3) is 0.368. The molecule has 8 nitrogen and oxygen atoms in total. The number of aryl methyl sites for hydroxylation is 1. The quantitative estimate of drug-likeness (QED) is 0.747. The van der Waals surface area contributed by atoms with E-state index in [1.807, 2.05) is 0 Å². The van der Waals surface area contributed by atoms with Crippen LogP contribution < -0.4 is 15.4 Å². The first-order valence-corrected chi connectivity index (χ1v) is 9.34. The van der Waals surface area contributed by atoms with E-state index in [4.69, 9.17) is 10.5 Å². The smallest absolute Gasteiger partial charge is 0.220 e. The molecule has 0 saturated carbocycles. The van der Waals surface area contributed by atoms with Crippen molar-refractivity contribution in [1.29, 1.82) is 0 Å². The van der Waals surface area contributed by atoms with Crippen molar-refractivity contribution in [1.82, 2.24) is 24.7 Å². The molecule has 0 aliphatic carbocycles. The SMILES string of the molecule is Nc1ncc(N2CCOc3cc(-c4nnc5n4CCCCC5)ccc32)cn1. The molecule has 4 heterocycles. The van der Waals surface area contributed by atoms with Gasteiger partial charge in [0, 0.05) is 18.5 Å². The van der Waals surface area contributed by atoms with Gasteiger partial charge in [0.25, 0.3) is 0 Å². The summed E-state index contributed by atoms with van der Waals surface area (Å²) in [7, 11) is 0. The van der Waals surface area contributed by atoms with Gasteiger partial charge in [-0.05, 0) is 31.0 Å². The summed E-state index contributed by atoms with van der Waals surface area (Å²) in [5.74, 6) is 3.12. The number of aromatic nitrogens is 5. The molecule has 3 aromatic rings. The molecule has 2 N–H and O–H groups in total. The number of nitrogens with two attached hydrogens (primary N) is 1. The fourth-order valence-corrected chi connectivity index (χ4v) is 3.80. The summed E-state index contributed by atoms with van der Waals surface area (Å²) in [4.78, 5) is 10.4. The second-order valence-corrected chi connectivity index (χ2v) is 6.88. The molecular formula is C19H21N7O. The van der Waals surface area contributed by atoms with Gasteiger partial charge in [0.15, 0.2) is 5.82 Å². The van der Waals surface area contributed by atoms with E-state index >= 15 is 0 Å². The van der Waals surface area contributed by atoms with Gasteiger partial charge in [-0.25, -0.2) is 9.97 Å². The van der Waals surface area contributed by atoms with Crippen LogP contribution in [0.25, 0.3) is 11.4 Å². The molecule has 0 spiro atoms. The summed E-state index contributed by atoms with van der Waals surface area (Å²) in [5, 5.41) is 8.86. The van der Waals surface area contributed by atoms with Gasteiger partial charge in [-0.2, -0.15) is 0 Å². The van der Waals surface area contributed by atoms with Gasteiger partial charge in [-0.15, -0.1) is 10.2 Å². The number of anilines is 3. The lowest BCUT2D eigenvalue weighted by Crippen LogP contribution is -2.28. The average molecular weight is 363 g/mol. The van der Waals surface area contributed by atoms with E-state index in [2.05, 4.69) is 47.8 Å². The molecule has 0 bridgehead atoms. The minimum absolute atomic E-state index is 0.273. The average Bonchev–Trinajstić information content (AvgIpc) is 2.96. The Kier molecular flexibility index (Phi) is 3.88. The predicted molar refractivity (Wildman–Crippen MR) is 102 cm³/mol. The van der Waals surface area contributed by atoms with Crippen molar-refractivity contribution < 1.29 is 4.74 Å². The molecule has 8 heteroatoms. The van der Waals surface area contributed by atoms with Crippen LogP contribution in [0.5, 0.6) is 5.75 Å². The highest BCUT2D eigenvalue weighted by molar-refractivity contribution is 5.74. The summed E-state index contributed by atoms with van der Waals surface area (Å²) in [5.41, 5.74) is 8.54. The van der Waals surface area contributed by atoms with Gasteiger partial charge in [0.2, 0.25) is 5.95 Å². The third kappa shape index (κ3) is 2.87. The van der Waals surface area contributed by atoms with E-state index < -0.39 is 0 Å². The van der Waals surface area contributed by atoms with E-state index in [0.717, 1.165) is 53.8 Å². The van der Waals surface area contributed by atoms with E-state index in [1.54, 1.807) is 12.4 Å². The Morgan fingerprint density at radius 2 is 1.89 bits per heavy atom. The number of ether oxygens (including phenoxy) is 1. The van der Waals surface area contributed by atoms with Crippen molar-refractivity contribution in [3.05, 3.63) is 36.4 Å². The second kappa shape index (κ2) is 6.53. The van der Waals surface area contributed by atoms with Gasteiger partial charge >= 0.3 is 0 Å². The number of nitrogens with zero attached hydrogens (tertiary/aromatic N) is 6. The Morgan fingerprint density at radius 3 is 2.78 bits per heavy atom. The highest BCUT2D eigenvalue weighted by Gasteiger charge is 2.23. The number of rotatable bonds is 2. The molecule has 2 aliphatic rings. The maximum absolute atomic E-state index is 5.94. The molecule has 0 amide bonds. The molecule has 138 valence electrons. The number of nitrogen functional groups attached to an aromatic ring is 1. The molecule has 2 aliphatic heterocycles. The summed E-state index contributed by atoms with van der Waals surface area (Å²) in [6.45, 7) is 2.31. The zero-order valence-electron chi connectivity index (χ0n) is 15.0. The Hall–Kier alpha value is -3.16. The monoisotopic (exact) mass is 363 g/mol. The Labute approximate surface area is 157 Å². The number of hydrogen-bond donors (Lipinski definition) is 1.